The first-order chi connectivity index (χ1) is 13.3. The van der Waals surface area contributed by atoms with Gasteiger partial charge in [0.1, 0.15) is 5.82 Å². The summed E-state index contributed by atoms with van der Waals surface area (Å²) >= 11 is 0. The smallest absolute Gasteiger partial charge is 0.243 e. The molecule has 0 bridgehead atoms. The van der Waals surface area contributed by atoms with Crippen LogP contribution >= 0.6 is 0 Å². The Labute approximate surface area is 165 Å². The van der Waals surface area contributed by atoms with Crippen molar-refractivity contribution in [3.8, 4) is 0 Å². The molecule has 0 saturated carbocycles. The maximum Gasteiger partial charge on any atom is 0.243 e. The summed E-state index contributed by atoms with van der Waals surface area (Å²) in [4.78, 5) is 14.4. The molecule has 28 heavy (non-hydrogen) atoms. The normalized spacial score (nSPS) is 15.6. The van der Waals surface area contributed by atoms with Crippen LogP contribution in [0.5, 0.6) is 0 Å². The number of nitrogens with zero attached hydrogens (tertiary/aromatic N) is 2. The van der Waals surface area contributed by atoms with Crippen LogP contribution in [0.3, 0.4) is 0 Å². The molecule has 0 atom stereocenters. The van der Waals surface area contributed by atoms with E-state index in [2.05, 4.69) is 0 Å². The van der Waals surface area contributed by atoms with Gasteiger partial charge in [-0.15, -0.1) is 0 Å². The van der Waals surface area contributed by atoms with Crippen molar-refractivity contribution in [2.45, 2.75) is 31.6 Å². The van der Waals surface area contributed by atoms with Gasteiger partial charge in [0, 0.05) is 32.6 Å². The standard InChI is InChI=1S/C21H25FN2O3S/c1-16-7-8-17(2)20(15-16)28(26,27)24-13-11-23(12-14-24)21(25)10-9-18-5-3-4-6-19(18)22/h3-8,15H,9-14H2,1-2H3. The second kappa shape index (κ2) is 8.41. The number of hydrogen-bond acceptors (Lipinski definition) is 3. The fourth-order valence-electron chi connectivity index (χ4n) is 3.40. The maximum atomic E-state index is 13.7. The van der Waals surface area contributed by atoms with Gasteiger partial charge in [-0.2, -0.15) is 4.31 Å². The Morgan fingerprint density at radius 3 is 2.39 bits per heavy atom. The molecule has 2 aromatic carbocycles. The van der Waals surface area contributed by atoms with Crippen LogP contribution in [-0.4, -0.2) is 49.7 Å². The van der Waals surface area contributed by atoms with Crippen molar-refractivity contribution in [2.75, 3.05) is 26.2 Å². The molecule has 0 N–H and O–H groups in total. The zero-order valence-electron chi connectivity index (χ0n) is 16.2. The number of hydrogen-bond donors (Lipinski definition) is 0. The van der Waals surface area contributed by atoms with E-state index in [1.165, 1.54) is 10.4 Å². The lowest BCUT2D eigenvalue weighted by atomic mass is 10.1. The molecule has 150 valence electrons. The minimum absolute atomic E-state index is 0.0768. The predicted octanol–water partition coefficient (Wildman–Crippen LogP) is 2.91. The van der Waals surface area contributed by atoms with Gasteiger partial charge >= 0.3 is 0 Å². The molecule has 0 unspecified atom stereocenters. The fraction of sp³-hybridized carbons (Fsp3) is 0.381. The van der Waals surface area contributed by atoms with Crippen molar-refractivity contribution in [2.24, 2.45) is 0 Å². The number of piperazine rings is 1. The van der Waals surface area contributed by atoms with E-state index < -0.39 is 10.0 Å². The highest BCUT2D eigenvalue weighted by molar-refractivity contribution is 7.89. The summed E-state index contributed by atoms with van der Waals surface area (Å²) in [5.41, 5.74) is 2.13. The van der Waals surface area contributed by atoms with E-state index in [0.29, 0.717) is 35.5 Å². The highest BCUT2D eigenvalue weighted by atomic mass is 32.2. The average molecular weight is 405 g/mol. The van der Waals surface area contributed by atoms with Crippen molar-refractivity contribution in [3.05, 3.63) is 65.0 Å². The number of amides is 1. The number of carbonyl (C=O) groups is 1. The van der Waals surface area contributed by atoms with Crippen LogP contribution in [0.4, 0.5) is 4.39 Å². The Balaban J connectivity index is 1.60. The van der Waals surface area contributed by atoms with E-state index in [1.54, 1.807) is 36.1 Å². The highest BCUT2D eigenvalue weighted by Gasteiger charge is 2.31. The maximum absolute atomic E-state index is 13.7. The molecular weight excluding hydrogens is 379 g/mol. The molecule has 1 aliphatic heterocycles. The summed E-state index contributed by atoms with van der Waals surface area (Å²) in [5, 5.41) is 0. The third-order valence-corrected chi connectivity index (χ3v) is 7.16. The molecule has 1 amide bonds. The van der Waals surface area contributed by atoms with Gasteiger partial charge in [-0.3, -0.25) is 4.79 Å². The number of rotatable bonds is 5. The number of aryl methyl sites for hydroxylation is 3. The van der Waals surface area contributed by atoms with Crippen LogP contribution in [0.1, 0.15) is 23.1 Å². The Hall–Kier alpha value is -2.25. The van der Waals surface area contributed by atoms with E-state index >= 15 is 0 Å². The average Bonchev–Trinajstić information content (AvgIpc) is 2.69. The zero-order valence-corrected chi connectivity index (χ0v) is 17.0. The van der Waals surface area contributed by atoms with Crippen molar-refractivity contribution in [1.29, 1.82) is 0 Å². The second-order valence-electron chi connectivity index (χ2n) is 7.15. The molecule has 7 heteroatoms. The molecule has 1 fully saturated rings. The van der Waals surface area contributed by atoms with Gasteiger partial charge in [0.25, 0.3) is 0 Å². The molecule has 0 spiro atoms. The van der Waals surface area contributed by atoms with Crippen molar-refractivity contribution >= 4 is 15.9 Å². The monoisotopic (exact) mass is 404 g/mol. The van der Waals surface area contributed by atoms with E-state index in [-0.39, 0.29) is 31.2 Å². The minimum Gasteiger partial charge on any atom is -0.340 e. The molecule has 0 radical (unpaired) electrons. The second-order valence-corrected chi connectivity index (χ2v) is 9.05. The molecule has 0 aromatic heterocycles. The van der Waals surface area contributed by atoms with E-state index in [4.69, 9.17) is 0 Å². The first-order valence-corrected chi connectivity index (χ1v) is 10.8. The van der Waals surface area contributed by atoms with Gasteiger partial charge in [-0.1, -0.05) is 30.3 Å². The topological polar surface area (TPSA) is 57.7 Å². The SMILES string of the molecule is Cc1ccc(C)c(S(=O)(=O)N2CCN(C(=O)CCc3ccccc3F)CC2)c1. The van der Waals surface area contributed by atoms with Gasteiger partial charge in [-0.05, 0) is 49.1 Å². The molecule has 0 aliphatic carbocycles. The predicted molar refractivity (Wildman–Crippen MR) is 106 cm³/mol. The Morgan fingerprint density at radius 1 is 1.04 bits per heavy atom. The number of benzene rings is 2. The van der Waals surface area contributed by atoms with Crippen molar-refractivity contribution in [3.63, 3.8) is 0 Å². The number of carbonyl (C=O) groups excluding carboxylic acids is 1. The third-order valence-electron chi connectivity index (χ3n) is 5.12. The fourth-order valence-corrected chi connectivity index (χ4v) is 5.13. The van der Waals surface area contributed by atoms with Gasteiger partial charge in [-0.25, -0.2) is 12.8 Å². The summed E-state index contributed by atoms with van der Waals surface area (Å²) < 4.78 is 41.1. The van der Waals surface area contributed by atoms with Crippen molar-refractivity contribution < 1.29 is 17.6 Å². The lowest BCUT2D eigenvalue weighted by molar-refractivity contribution is -0.132. The Bertz CT molecular complexity index is 967. The number of halogens is 1. The van der Waals surface area contributed by atoms with Gasteiger partial charge < -0.3 is 4.90 Å². The van der Waals surface area contributed by atoms with Crippen LogP contribution in [-0.2, 0) is 21.2 Å². The third kappa shape index (κ3) is 4.42. The molecule has 2 aromatic rings. The van der Waals surface area contributed by atoms with Gasteiger partial charge in [0.05, 0.1) is 4.90 Å². The van der Waals surface area contributed by atoms with Crippen LogP contribution < -0.4 is 0 Å². The van der Waals surface area contributed by atoms with E-state index in [9.17, 15) is 17.6 Å². The molecule has 1 heterocycles. The molecule has 3 rings (SSSR count). The number of sulfonamides is 1. The zero-order chi connectivity index (χ0) is 20.3. The Morgan fingerprint density at radius 2 is 1.71 bits per heavy atom. The molecule has 1 saturated heterocycles. The lowest BCUT2D eigenvalue weighted by Crippen LogP contribution is -2.50. The van der Waals surface area contributed by atoms with Crippen LogP contribution in [0.2, 0.25) is 0 Å². The lowest BCUT2D eigenvalue weighted by Gasteiger charge is -2.34. The summed E-state index contributed by atoms with van der Waals surface area (Å²) in [6, 6.07) is 11.8. The highest BCUT2D eigenvalue weighted by Crippen LogP contribution is 2.22. The summed E-state index contributed by atoms with van der Waals surface area (Å²) in [6.07, 6.45) is 0.553. The first-order valence-electron chi connectivity index (χ1n) is 9.37. The Kier molecular flexibility index (Phi) is 6.15. The first kappa shape index (κ1) is 20.5. The van der Waals surface area contributed by atoms with Crippen molar-refractivity contribution in [1.82, 2.24) is 9.21 Å². The van der Waals surface area contributed by atoms with Gasteiger partial charge in [0.2, 0.25) is 15.9 Å². The molecule has 1 aliphatic rings. The summed E-state index contributed by atoms with van der Waals surface area (Å²) in [7, 11) is -3.58. The quantitative estimate of drug-likeness (QED) is 0.770. The van der Waals surface area contributed by atoms with E-state index in [0.717, 1.165) is 5.56 Å². The van der Waals surface area contributed by atoms with Gasteiger partial charge in [0.15, 0.2) is 0 Å². The van der Waals surface area contributed by atoms with Crippen LogP contribution in [0, 0.1) is 19.7 Å². The molecular formula is C21H25FN2O3S. The summed E-state index contributed by atoms with van der Waals surface area (Å²) in [5.74, 6) is -0.383. The largest absolute Gasteiger partial charge is 0.340 e. The minimum atomic E-state index is -3.58. The van der Waals surface area contributed by atoms with Crippen LogP contribution in [0.25, 0.3) is 0 Å². The van der Waals surface area contributed by atoms with E-state index in [1.807, 2.05) is 19.1 Å². The van der Waals surface area contributed by atoms with Crippen LogP contribution in [0.15, 0.2) is 47.4 Å². The summed E-state index contributed by atoms with van der Waals surface area (Å²) in [6.45, 7) is 4.88. The molecule has 5 nitrogen and oxygen atoms in total.